The lowest BCUT2D eigenvalue weighted by Crippen LogP contribution is -2.44. The summed E-state index contributed by atoms with van der Waals surface area (Å²) in [4.78, 5) is 25.8. The molecule has 0 spiro atoms. The molecule has 9 heteroatoms. The van der Waals surface area contributed by atoms with Crippen LogP contribution in [0.25, 0.3) is 0 Å². The maximum Gasteiger partial charge on any atom is 0.257 e. The molecule has 1 aliphatic heterocycles. The molecule has 1 aromatic carbocycles. The molecule has 1 aromatic heterocycles. The number of halogens is 3. The first-order chi connectivity index (χ1) is 15.2. The van der Waals surface area contributed by atoms with E-state index in [1.54, 1.807) is 11.1 Å². The van der Waals surface area contributed by atoms with Crippen LogP contribution in [0, 0.1) is 23.4 Å². The zero-order valence-corrected chi connectivity index (χ0v) is 18.3. The Bertz CT molecular complexity index is 1000. The highest BCUT2D eigenvalue weighted by Gasteiger charge is 2.34. The molecule has 4 rings (SSSR count). The largest absolute Gasteiger partial charge is 0.347 e. The quantitative estimate of drug-likeness (QED) is 0.688. The molecule has 6 nitrogen and oxygen atoms in total. The zero-order valence-electron chi connectivity index (χ0n) is 18.3. The van der Waals surface area contributed by atoms with Crippen molar-refractivity contribution in [3.8, 4) is 0 Å². The van der Waals surface area contributed by atoms with E-state index in [9.17, 15) is 18.0 Å². The number of amides is 1. The number of hydrogen-bond donors (Lipinski definition) is 1. The molecule has 1 unspecified atom stereocenters. The second kappa shape index (κ2) is 9.05. The summed E-state index contributed by atoms with van der Waals surface area (Å²) in [7, 11) is 3.74. The number of nitrogens with two attached hydrogens (primary N) is 1. The molecular formula is C23H28F3N5O. The van der Waals surface area contributed by atoms with E-state index in [0.29, 0.717) is 49.4 Å². The maximum absolute atomic E-state index is 14.0. The SMILES string of the molecule is CN(C)c1ncc(C(=O)N2CCC(C(N)Cc3cc(F)c(F)cc3F)CC2)c(C2CC2)n1. The van der Waals surface area contributed by atoms with Crippen molar-refractivity contribution >= 4 is 11.9 Å². The minimum absolute atomic E-state index is 0.0573. The van der Waals surface area contributed by atoms with E-state index in [4.69, 9.17) is 5.73 Å². The first-order valence-electron chi connectivity index (χ1n) is 11.0. The Morgan fingerprint density at radius 2 is 1.78 bits per heavy atom. The van der Waals surface area contributed by atoms with Gasteiger partial charge in [-0.2, -0.15) is 0 Å². The van der Waals surface area contributed by atoms with Crippen molar-refractivity contribution in [2.24, 2.45) is 11.7 Å². The molecule has 0 radical (unpaired) electrons. The number of hydrogen-bond acceptors (Lipinski definition) is 5. The van der Waals surface area contributed by atoms with Crippen LogP contribution in [-0.2, 0) is 6.42 Å². The maximum atomic E-state index is 14.0. The third-order valence-electron chi connectivity index (χ3n) is 6.38. The van der Waals surface area contributed by atoms with Crippen LogP contribution < -0.4 is 10.6 Å². The molecule has 1 amide bonds. The molecule has 1 aliphatic carbocycles. The van der Waals surface area contributed by atoms with Crippen molar-refractivity contribution in [3.63, 3.8) is 0 Å². The summed E-state index contributed by atoms with van der Waals surface area (Å²) in [6, 6.07) is 1.02. The smallest absolute Gasteiger partial charge is 0.257 e. The van der Waals surface area contributed by atoms with E-state index < -0.39 is 23.5 Å². The molecule has 2 N–H and O–H groups in total. The highest BCUT2D eigenvalue weighted by molar-refractivity contribution is 5.95. The van der Waals surface area contributed by atoms with Crippen LogP contribution in [0.2, 0.25) is 0 Å². The zero-order chi connectivity index (χ0) is 23.0. The predicted octanol–water partition coefficient (Wildman–Crippen LogP) is 3.26. The Balaban J connectivity index is 1.39. The summed E-state index contributed by atoms with van der Waals surface area (Å²) in [5.74, 6) is -2.19. The third kappa shape index (κ3) is 4.72. The van der Waals surface area contributed by atoms with Crippen LogP contribution in [0.5, 0.6) is 0 Å². The van der Waals surface area contributed by atoms with Gasteiger partial charge in [0.1, 0.15) is 5.82 Å². The number of nitrogens with zero attached hydrogens (tertiary/aromatic N) is 4. The monoisotopic (exact) mass is 447 g/mol. The number of piperidine rings is 1. The fourth-order valence-corrected chi connectivity index (χ4v) is 4.28. The minimum Gasteiger partial charge on any atom is -0.347 e. The molecule has 0 bridgehead atoms. The van der Waals surface area contributed by atoms with E-state index >= 15 is 0 Å². The standard InChI is InChI=1S/C23H28F3N5O/c1-30(2)23-28-12-16(21(29-23)14-3-4-14)22(32)31-7-5-13(6-8-31)20(27)10-15-9-18(25)19(26)11-17(15)24/h9,11-14,20H,3-8,10,27H2,1-2H3. The number of anilines is 1. The van der Waals surface area contributed by atoms with Gasteiger partial charge in [-0.1, -0.05) is 0 Å². The summed E-state index contributed by atoms with van der Waals surface area (Å²) < 4.78 is 40.6. The van der Waals surface area contributed by atoms with Gasteiger partial charge in [0, 0.05) is 51.4 Å². The van der Waals surface area contributed by atoms with Gasteiger partial charge in [0.2, 0.25) is 5.95 Å². The molecule has 172 valence electrons. The van der Waals surface area contributed by atoms with Gasteiger partial charge >= 0.3 is 0 Å². The topological polar surface area (TPSA) is 75.4 Å². The molecular weight excluding hydrogens is 419 g/mol. The number of aromatic nitrogens is 2. The highest BCUT2D eigenvalue weighted by atomic mass is 19.2. The number of likely N-dealkylation sites (tertiary alicyclic amines) is 1. The first-order valence-corrected chi connectivity index (χ1v) is 11.0. The van der Waals surface area contributed by atoms with Crippen molar-refractivity contribution in [1.82, 2.24) is 14.9 Å². The number of carbonyl (C=O) groups is 1. The van der Waals surface area contributed by atoms with E-state index in [1.807, 2.05) is 19.0 Å². The third-order valence-corrected chi connectivity index (χ3v) is 6.38. The summed E-state index contributed by atoms with van der Waals surface area (Å²) in [5.41, 5.74) is 7.73. The van der Waals surface area contributed by atoms with E-state index in [1.165, 1.54) is 0 Å². The minimum atomic E-state index is -1.21. The Labute approximate surface area is 185 Å². The van der Waals surface area contributed by atoms with E-state index in [0.717, 1.165) is 24.6 Å². The summed E-state index contributed by atoms with van der Waals surface area (Å²) >= 11 is 0. The van der Waals surface area contributed by atoms with Crippen LogP contribution >= 0.6 is 0 Å². The fraction of sp³-hybridized carbons (Fsp3) is 0.522. The van der Waals surface area contributed by atoms with Gasteiger partial charge in [0.15, 0.2) is 11.6 Å². The van der Waals surface area contributed by atoms with Gasteiger partial charge in [-0.05, 0) is 49.7 Å². The van der Waals surface area contributed by atoms with Crippen LogP contribution in [0.15, 0.2) is 18.3 Å². The number of rotatable bonds is 6. The Hall–Kier alpha value is -2.68. The van der Waals surface area contributed by atoms with Crippen molar-refractivity contribution in [3.05, 3.63) is 52.6 Å². The van der Waals surface area contributed by atoms with Gasteiger partial charge < -0.3 is 15.5 Å². The van der Waals surface area contributed by atoms with Crippen molar-refractivity contribution in [2.45, 2.75) is 44.1 Å². The molecule has 2 aromatic rings. The molecule has 1 atom stereocenters. The molecule has 1 saturated heterocycles. The van der Waals surface area contributed by atoms with Crippen LogP contribution in [0.3, 0.4) is 0 Å². The lowest BCUT2D eigenvalue weighted by molar-refractivity contribution is 0.0676. The van der Waals surface area contributed by atoms with Crippen LogP contribution in [0.4, 0.5) is 19.1 Å². The molecule has 2 heterocycles. The van der Waals surface area contributed by atoms with Gasteiger partial charge in [0.05, 0.1) is 11.3 Å². The van der Waals surface area contributed by atoms with Gasteiger partial charge in [-0.25, -0.2) is 23.1 Å². The Morgan fingerprint density at radius 3 is 2.41 bits per heavy atom. The average Bonchev–Trinajstić information content (AvgIpc) is 3.62. The van der Waals surface area contributed by atoms with Crippen molar-refractivity contribution in [2.75, 3.05) is 32.1 Å². The summed E-state index contributed by atoms with van der Waals surface area (Å²) in [5, 5.41) is 0. The first kappa shape index (κ1) is 22.5. The summed E-state index contributed by atoms with van der Waals surface area (Å²) in [6.07, 6.45) is 5.12. The average molecular weight is 448 g/mol. The predicted molar refractivity (Wildman–Crippen MR) is 115 cm³/mol. The van der Waals surface area contributed by atoms with Crippen LogP contribution in [0.1, 0.15) is 53.2 Å². The molecule has 32 heavy (non-hydrogen) atoms. The highest BCUT2D eigenvalue weighted by Crippen LogP contribution is 2.41. The number of benzene rings is 1. The van der Waals surface area contributed by atoms with E-state index in [-0.39, 0.29) is 23.8 Å². The van der Waals surface area contributed by atoms with Crippen molar-refractivity contribution in [1.29, 1.82) is 0 Å². The van der Waals surface area contributed by atoms with Gasteiger partial charge in [0.25, 0.3) is 5.91 Å². The van der Waals surface area contributed by atoms with Crippen LogP contribution in [-0.4, -0.2) is 54.0 Å². The van der Waals surface area contributed by atoms with Gasteiger partial charge in [-0.3, -0.25) is 4.79 Å². The Morgan fingerprint density at radius 1 is 1.12 bits per heavy atom. The summed E-state index contributed by atoms with van der Waals surface area (Å²) in [6.45, 7) is 1.05. The lowest BCUT2D eigenvalue weighted by atomic mass is 9.86. The second-order valence-corrected chi connectivity index (χ2v) is 8.99. The Kier molecular flexibility index (Phi) is 6.37. The van der Waals surface area contributed by atoms with Gasteiger partial charge in [-0.15, -0.1) is 0 Å². The second-order valence-electron chi connectivity index (χ2n) is 8.99. The number of carbonyl (C=O) groups excluding carboxylic acids is 1. The fourth-order valence-electron chi connectivity index (χ4n) is 4.28. The lowest BCUT2D eigenvalue weighted by Gasteiger charge is -2.35. The molecule has 1 saturated carbocycles. The molecule has 2 aliphatic rings. The normalized spacial score (nSPS) is 18.0. The molecule has 2 fully saturated rings. The van der Waals surface area contributed by atoms with E-state index in [2.05, 4.69) is 9.97 Å². The van der Waals surface area contributed by atoms with Crippen molar-refractivity contribution < 1.29 is 18.0 Å².